The summed E-state index contributed by atoms with van der Waals surface area (Å²) < 4.78 is 0. The Labute approximate surface area is 115 Å². The summed E-state index contributed by atoms with van der Waals surface area (Å²) in [6.45, 7) is 9.28. The molecule has 0 bridgehead atoms. The predicted octanol–water partition coefficient (Wildman–Crippen LogP) is 2.24. The molecule has 3 heteroatoms. The summed E-state index contributed by atoms with van der Waals surface area (Å²) in [5.41, 5.74) is 8.12. The number of carbonyl (C=O) groups is 1. The number of hydrogen-bond acceptors (Lipinski definition) is 2. The third-order valence-electron chi connectivity index (χ3n) is 5.02. The zero-order valence-electron chi connectivity index (χ0n) is 12.3. The summed E-state index contributed by atoms with van der Waals surface area (Å²) in [4.78, 5) is 12.2. The highest BCUT2D eigenvalue weighted by atomic mass is 16.1. The van der Waals surface area contributed by atoms with Crippen LogP contribution in [0, 0.1) is 10.8 Å². The SMILES string of the molecule is CC1(C)C(NC(=O)Cc2ccccc2CN)C1(C)C. The molecular formula is C16H24N2O. The van der Waals surface area contributed by atoms with Gasteiger partial charge < -0.3 is 11.1 Å². The van der Waals surface area contributed by atoms with Gasteiger partial charge in [-0.25, -0.2) is 0 Å². The highest BCUT2D eigenvalue weighted by molar-refractivity contribution is 5.80. The van der Waals surface area contributed by atoms with E-state index in [1.165, 1.54) is 0 Å². The van der Waals surface area contributed by atoms with Crippen molar-refractivity contribution < 1.29 is 4.79 Å². The Hall–Kier alpha value is -1.35. The highest BCUT2D eigenvalue weighted by Crippen LogP contribution is 2.62. The van der Waals surface area contributed by atoms with Crippen molar-refractivity contribution >= 4 is 5.91 Å². The molecule has 0 spiro atoms. The zero-order valence-corrected chi connectivity index (χ0v) is 12.3. The van der Waals surface area contributed by atoms with Crippen molar-refractivity contribution in [2.45, 2.75) is 46.7 Å². The van der Waals surface area contributed by atoms with Crippen LogP contribution in [-0.2, 0) is 17.8 Å². The Balaban J connectivity index is 2.00. The Morgan fingerprint density at radius 2 is 1.68 bits per heavy atom. The van der Waals surface area contributed by atoms with Crippen LogP contribution in [0.25, 0.3) is 0 Å². The quantitative estimate of drug-likeness (QED) is 0.872. The van der Waals surface area contributed by atoms with Crippen LogP contribution in [0.1, 0.15) is 38.8 Å². The Morgan fingerprint density at radius 3 is 2.16 bits per heavy atom. The third kappa shape index (κ3) is 2.39. The molecule has 0 aliphatic heterocycles. The highest BCUT2D eigenvalue weighted by Gasteiger charge is 2.65. The molecule has 1 fully saturated rings. The van der Waals surface area contributed by atoms with Crippen LogP contribution in [0.4, 0.5) is 0 Å². The van der Waals surface area contributed by atoms with E-state index in [-0.39, 0.29) is 22.8 Å². The summed E-state index contributed by atoms with van der Waals surface area (Å²) in [5, 5.41) is 3.15. The summed E-state index contributed by atoms with van der Waals surface area (Å²) in [5.74, 6) is 0.0875. The topological polar surface area (TPSA) is 55.1 Å². The van der Waals surface area contributed by atoms with Gasteiger partial charge in [-0.1, -0.05) is 52.0 Å². The number of rotatable bonds is 4. The van der Waals surface area contributed by atoms with Gasteiger partial charge in [0, 0.05) is 12.6 Å². The molecule has 0 heterocycles. The average Bonchev–Trinajstić information content (AvgIpc) is 2.72. The Bertz CT molecular complexity index is 477. The first kappa shape index (κ1) is 14.1. The van der Waals surface area contributed by atoms with Gasteiger partial charge in [-0.2, -0.15) is 0 Å². The number of nitrogens with two attached hydrogens (primary N) is 1. The minimum atomic E-state index is 0.0875. The van der Waals surface area contributed by atoms with E-state index in [1.807, 2.05) is 24.3 Å². The standard InChI is InChI=1S/C16H24N2O/c1-15(2)14(16(15,3)4)18-13(19)9-11-7-5-6-8-12(11)10-17/h5-8,14H,9-10,17H2,1-4H3,(H,18,19). The van der Waals surface area contributed by atoms with E-state index in [0.29, 0.717) is 13.0 Å². The van der Waals surface area contributed by atoms with Crippen molar-refractivity contribution in [2.75, 3.05) is 0 Å². The number of benzene rings is 1. The molecule has 1 aromatic rings. The lowest BCUT2D eigenvalue weighted by Crippen LogP contribution is -2.31. The minimum absolute atomic E-state index is 0.0875. The molecule has 2 rings (SSSR count). The first-order valence-electron chi connectivity index (χ1n) is 6.87. The molecule has 3 nitrogen and oxygen atoms in total. The van der Waals surface area contributed by atoms with E-state index in [2.05, 4.69) is 33.0 Å². The summed E-state index contributed by atoms with van der Waals surface area (Å²) in [7, 11) is 0. The van der Waals surface area contributed by atoms with Gasteiger partial charge in [-0.3, -0.25) is 4.79 Å². The first-order chi connectivity index (χ1) is 8.80. The van der Waals surface area contributed by atoms with Crippen molar-refractivity contribution in [1.82, 2.24) is 5.32 Å². The van der Waals surface area contributed by atoms with Crippen molar-refractivity contribution in [3.63, 3.8) is 0 Å². The normalized spacial score (nSPS) is 20.1. The molecule has 0 aromatic heterocycles. The largest absolute Gasteiger partial charge is 0.352 e. The van der Waals surface area contributed by atoms with Crippen LogP contribution in [-0.4, -0.2) is 11.9 Å². The Morgan fingerprint density at radius 1 is 1.16 bits per heavy atom. The van der Waals surface area contributed by atoms with E-state index in [1.54, 1.807) is 0 Å². The fourth-order valence-electron chi connectivity index (χ4n) is 2.87. The number of amides is 1. The van der Waals surface area contributed by atoms with Crippen molar-refractivity contribution in [2.24, 2.45) is 16.6 Å². The van der Waals surface area contributed by atoms with Crippen LogP contribution >= 0.6 is 0 Å². The molecule has 1 saturated carbocycles. The van der Waals surface area contributed by atoms with E-state index in [4.69, 9.17) is 5.73 Å². The molecule has 104 valence electrons. The van der Waals surface area contributed by atoms with E-state index >= 15 is 0 Å². The maximum Gasteiger partial charge on any atom is 0.224 e. The predicted molar refractivity (Wildman–Crippen MR) is 77.5 cm³/mol. The van der Waals surface area contributed by atoms with Crippen LogP contribution < -0.4 is 11.1 Å². The van der Waals surface area contributed by atoms with Crippen LogP contribution in [0.5, 0.6) is 0 Å². The molecule has 1 aromatic carbocycles. The first-order valence-corrected chi connectivity index (χ1v) is 6.87. The molecule has 19 heavy (non-hydrogen) atoms. The van der Waals surface area contributed by atoms with Gasteiger partial charge in [0.1, 0.15) is 0 Å². The molecular weight excluding hydrogens is 236 g/mol. The lowest BCUT2D eigenvalue weighted by molar-refractivity contribution is -0.120. The molecule has 0 unspecified atom stereocenters. The second-order valence-corrected chi connectivity index (χ2v) is 6.59. The number of nitrogens with one attached hydrogen (secondary N) is 1. The van der Waals surface area contributed by atoms with Crippen LogP contribution in [0.2, 0.25) is 0 Å². The van der Waals surface area contributed by atoms with Crippen LogP contribution in [0.3, 0.4) is 0 Å². The van der Waals surface area contributed by atoms with Gasteiger partial charge in [0.15, 0.2) is 0 Å². The van der Waals surface area contributed by atoms with Crippen molar-refractivity contribution in [3.8, 4) is 0 Å². The maximum absolute atomic E-state index is 12.2. The summed E-state index contributed by atoms with van der Waals surface area (Å²) >= 11 is 0. The van der Waals surface area contributed by atoms with Gasteiger partial charge in [-0.05, 0) is 22.0 Å². The minimum Gasteiger partial charge on any atom is -0.352 e. The smallest absolute Gasteiger partial charge is 0.224 e. The van der Waals surface area contributed by atoms with Crippen LogP contribution in [0.15, 0.2) is 24.3 Å². The van der Waals surface area contributed by atoms with Gasteiger partial charge in [-0.15, -0.1) is 0 Å². The van der Waals surface area contributed by atoms with E-state index in [0.717, 1.165) is 11.1 Å². The van der Waals surface area contributed by atoms with E-state index in [9.17, 15) is 4.79 Å². The average molecular weight is 260 g/mol. The second-order valence-electron chi connectivity index (χ2n) is 6.59. The van der Waals surface area contributed by atoms with E-state index < -0.39 is 0 Å². The molecule has 1 amide bonds. The fraction of sp³-hybridized carbons (Fsp3) is 0.562. The van der Waals surface area contributed by atoms with Gasteiger partial charge in [0.05, 0.1) is 6.42 Å². The van der Waals surface area contributed by atoms with Gasteiger partial charge in [0.2, 0.25) is 5.91 Å². The monoisotopic (exact) mass is 260 g/mol. The maximum atomic E-state index is 12.2. The number of hydrogen-bond donors (Lipinski definition) is 2. The van der Waals surface area contributed by atoms with Gasteiger partial charge >= 0.3 is 0 Å². The molecule has 3 N–H and O–H groups in total. The molecule has 0 atom stereocenters. The molecule has 1 aliphatic carbocycles. The lowest BCUT2D eigenvalue weighted by atomic mass is 10.0. The van der Waals surface area contributed by atoms with Crippen molar-refractivity contribution in [1.29, 1.82) is 0 Å². The summed E-state index contributed by atoms with van der Waals surface area (Å²) in [6, 6.07) is 8.12. The lowest BCUT2D eigenvalue weighted by Gasteiger charge is -2.09. The fourth-order valence-corrected chi connectivity index (χ4v) is 2.87. The molecule has 1 aliphatic rings. The molecule has 0 radical (unpaired) electrons. The number of carbonyl (C=O) groups excluding carboxylic acids is 1. The van der Waals surface area contributed by atoms with Crippen molar-refractivity contribution in [3.05, 3.63) is 35.4 Å². The zero-order chi connectivity index (χ0) is 14.3. The second kappa shape index (κ2) is 4.64. The summed E-state index contributed by atoms with van der Waals surface area (Å²) in [6.07, 6.45) is 0.413. The Kier molecular flexibility index (Phi) is 3.43. The molecule has 0 saturated heterocycles. The van der Waals surface area contributed by atoms with Gasteiger partial charge in [0.25, 0.3) is 0 Å². The third-order valence-corrected chi connectivity index (χ3v) is 5.02.